The lowest BCUT2D eigenvalue weighted by Crippen LogP contribution is -2.16. The van der Waals surface area contributed by atoms with Crippen LogP contribution in [0.2, 0.25) is 0 Å². The molecule has 232 valence electrons. The second-order valence-corrected chi connectivity index (χ2v) is 13.4. The smallest absolute Gasteiger partial charge is 0.157 e. The lowest BCUT2D eigenvalue weighted by Gasteiger charge is -2.15. The van der Waals surface area contributed by atoms with Crippen molar-refractivity contribution < 1.29 is 0 Å². The summed E-state index contributed by atoms with van der Waals surface area (Å²) in [6, 6.07) is 57.8. The van der Waals surface area contributed by atoms with E-state index in [1.54, 1.807) is 0 Å². The van der Waals surface area contributed by atoms with E-state index < -0.39 is 0 Å². The van der Waals surface area contributed by atoms with Crippen LogP contribution < -0.4 is 5.73 Å². The van der Waals surface area contributed by atoms with Gasteiger partial charge in [0.1, 0.15) is 5.84 Å². The van der Waals surface area contributed by atoms with E-state index in [0.717, 1.165) is 16.7 Å². The molecule has 49 heavy (non-hydrogen) atoms. The fourth-order valence-electron chi connectivity index (χ4n) is 7.02. The third-order valence-corrected chi connectivity index (χ3v) is 10.5. The van der Waals surface area contributed by atoms with Gasteiger partial charge in [0.15, 0.2) is 5.84 Å². The maximum Gasteiger partial charge on any atom is 0.157 e. The molecule has 0 saturated heterocycles. The maximum atomic E-state index is 6.51. The van der Waals surface area contributed by atoms with Gasteiger partial charge in [-0.15, -0.1) is 11.3 Å². The first kappa shape index (κ1) is 29.1. The van der Waals surface area contributed by atoms with Crippen molar-refractivity contribution in [3.63, 3.8) is 0 Å². The van der Waals surface area contributed by atoms with E-state index in [1.165, 1.54) is 63.6 Å². The van der Waals surface area contributed by atoms with Crippen LogP contribution >= 0.6 is 11.3 Å². The molecule has 0 fully saturated rings. The van der Waals surface area contributed by atoms with Crippen LogP contribution in [0, 0.1) is 0 Å². The maximum absolute atomic E-state index is 6.51. The van der Waals surface area contributed by atoms with Gasteiger partial charge in [-0.2, -0.15) is 0 Å². The molecule has 0 atom stereocenters. The fourth-order valence-corrected chi connectivity index (χ4v) is 8.11. The average molecular weight is 646 g/mol. The monoisotopic (exact) mass is 645 g/mol. The van der Waals surface area contributed by atoms with Crippen LogP contribution in [0.1, 0.15) is 16.7 Å². The van der Waals surface area contributed by atoms with Gasteiger partial charge in [-0.25, -0.2) is 4.99 Å². The molecule has 0 radical (unpaired) electrons. The van der Waals surface area contributed by atoms with E-state index in [-0.39, 0.29) is 0 Å². The number of amidine groups is 2. The van der Waals surface area contributed by atoms with Gasteiger partial charge in [0.05, 0.1) is 6.54 Å². The van der Waals surface area contributed by atoms with Gasteiger partial charge in [-0.3, -0.25) is 4.99 Å². The molecule has 0 bridgehead atoms. The lowest BCUT2D eigenvalue weighted by molar-refractivity contribution is 1.08. The molecular formula is C45H31N3S. The summed E-state index contributed by atoms with van der Waals surface area (Å²) >= 11 is 1.85. The van der Waals surface area contributed by atoms with Gasteiger partial charge in [0.2, 0.25) is 0 Å². The first-order valence-electron chi connectivity index (χ1n) is 16.5. The summed E-state index contributed by atoms with van der Waals surface area (Å²) in [5, 5.41) is 10.0. The van der Waals surface area contributed by atoms with Gasteiger partial charge in [0, 0.05) is 31.3 Å². The van der Waals surface area contributed by atoms with Gasteiger partial charge in [-0.05, 0) is 73.3 Å². The highest BCUT2D eigenvalue weighted by atomic mass is 32.1. The number of nitrogens with two attached hydrogens (primary N) is 1. The molecule has 1 aromatic heterocycles. The molecule has 9 rings (SSSR count). The zero-order valence-electron chi connectivity index (χ0n) is 26.7. The highest BCUT2D eigenvalue weighted by Gasteiger charge is 2.14. The highest BCUT2D eigenvalue weighted by Crippen LogP contribution is 2.40. The minimum absolute atomic E-state index is 0.443. The standard InChI is InChI=1S/C45H31N3S/c46-44(29-12-3-1-4-13-29)48-45(30-14-5-2-6-15-30)47-28-33-16-11-20-37-34-17-7-8-18-35(34)39-26-31(22-24-38(39)43(33)37)32-23-25-42-40(27-32)36-19-9-10-21-41(36)49-42/h1-27H,28H2,(H2,46,47,48). The molecule has 1 heterocycles. The molecule has 0 aliphatic rings. The molecule has 0 aliphatic carbocycles. The van der Waals surface area contributed by atoms with Gasteiger partial charge in [-0.1, -0.05) is 140 Å². The van der Waals surface area contributed by atoms with Gasteiger partial charge in [0.25, 0.3) is 0 Å². The van der Waals surface area contributed by atoms with Crippen LogP contribution in [0.4, 0.5) is 0 Å². The Labute approximate surface area is 288 Å². The van der Waals surface area contributed by atoms with Crippen molar-refractivity contribution in [3.8, 4) is 11.1 Å². The van der Waals surface area contributed by atoms with E-state index in [9.17, 15) is 0 Å². The van der Waals surface area contributed by atoms with E-state index in [0.29, 0.717) is 18.2 Å². The molecule has 0 unspecified atom stereocenters. The van der Waals surface area contributed by atoms with E-state index >= 15 is 0 Å². The van der Waals surface area contributed by atoms with Crippen molar-refractivity contribution in [2.45, 2.75) is 6.54 Å². The number of benzene rings is 8. The minimum Gasteiger partial charge on any atom is -0.383 e. The Morgan fingerprint density at radius 2 is 1.04 bits per heavy atom. The van der Waals surface area contributed by atoms with Crippen LogP contribution in [0.5, 0.6) is 0 Å². The predicted molar refractivity (Wildman–Crippen MR) is 211 cm³/mol. The summed E-state index contributed by atoms with van der Waals surface area (Å²) in [6.45, 7) is 0.463. The molecule has 0 amide bonds. The summed E-state index contributed by atoms with van der Waals surface area (Å²) in [6.07, 6.45) is 0. The Balaban J connectivity index is 1.21. The van der Waals surface area contributed by atoms with Crippen LogP contribution in [0.25, 0.3) is 63.6 Å². The third-order valence-electron chi connectivity index (χ3n) is 9.38. The van der Waals surface area contributed by atoms with Crippen molar-refractivity contribution in [1.82, 2.24) is 0 Å². The lowest BCUT2D eigenvalue weighted by atomic mass is 9.90. The average Bonchev–Trinajstić information content (AvgIpc) is 3.55. The van der Waals surface area contributed by atoms with E-state index in [4.69, 9.17) is 15.7 Å². The Morgan fingerprint density at radius 1 is 0.469 bits per heavy atom. The molecule has 0 spiro atoms. The summed E-state index contributed by atoms with van der Waals surface area (Å²) in [5.74, 6) is 1.06. The Morgan fingerprint density at radius 3 is 1.82 bits per heavy atom. The summed E-state index contributed by atoms with van der Waals surface area (Å²) in [4.78, 5) is 9.98. The van der Waals surface area contributed by atoms with Crippen molar-refractivity contribution in [3.05, 3.63) is 180 Å². The van der Waals surface area contributed by atoms with Crippen molar-refractivity contribution in [2.75, 3.05) is 0 Å². The van der Waals surface area contributed by atoms with Gasteiger partial charge >= 0.3 is 0 Å². The Hall–Kier alpha value is -6.10. The second kappa shape index (κ2) is 12.2. The first-order valence-corrected chi connectivity index (χ1v) is 17.3. The quantitative estimate of drug-likeness (QED) is 0.113. The molecule has 4 heteroatoms. The highest BCUT2D eigenvalue weighted by molar-refractivity contribution is 7.25. The number of hydrogen-bond acceptors (Lipinski definition) is 2. The van der Waals surface area contributed by atoms with E-state index in [2.05, 4.69) is 103 Å². The number of fused-ring (bicyclic) bond motifs is 9. The number of aliphatic imine (C=N–C) groups is 2. The second-order valence-electron chi connectivity index (χ2n) is 12.3. The molecular weight excluding hydrogens is 615 g/mol. The fraction of sp³-hybridized carbons (Fsp3) is 0.0222. The number of thiophene rings is 1. The SMILES string of the molecule is NC(=NC(=NCc1cccc2c3ccccc3c3cc(-c4ccc5sc6ccccc6c5c4)ccc3c12)c1ccccc1)c1ccccc1. The first-order chi connectivity index (χ1) is 24.2. The number of rotatable bonds is 5. The number of hydrogen-bond donors (Lipinski definition) is 1. The molecule has 3 nitrogen and oxygen atoms in total. The van der Waals surface area contributed by atoms with Crippen molar-refractivity contribution in [2.24, 2.45) is 15.7 Å². The van der Waals surface area contributed by atoms with Crippen LogP contribution in [-0.4, -0.2) is 11.7 Å². The third kappa shape index (κ3) is 5.23. The normalized spacial score (nSPS) is 12.5. The van der Waals surface area contributed by atoms with Crippen LogP contribution in [-0.2, 0) is 6.54 Å². The number of nitrogens with zero attached hydrogens (tertiary/aromatic N) is 2. The zero-order chi connectivity index (χ0) is 32.7. The Kier molecular flexibility index (Phi) is 7.22. The van der Waals surface area contributed by atoms with Crippen LogP contribution in [0.3, 0.4) is 0 Å². The Bertz CT molecular complexity index is 2740. The summed E-state index contributed by atoms with van der Waals surface area (Å²) in [5.41, 5.74) is 11.9. The molecule has 2 N–H and O–H groups in total. The molecule has 8 aromatic carbocycles. The van der Waals surface area contributed by atoms with Crippen LogP contribution in [0.15, 0.2) is 174 Å². The topological polar surface area (TPSA) is 50.7 Å². The molecule has 0 saturated carbocycles. The molecule has 0 aliphatic heterocycles. The minimum atomic E-state index is 0.443. The van der Waals surface area contributed by atoms with Gasteiger partial charge < -0.3 is 5.73 Å². The summed E-state index contributed by atoms with van der Waals surface area (Å²) < 4.78 is 2.64. The summed E-state index contributed by atoms with van der Waals surface area (Å²) in [7, 11) is 0. The van der Waals surface area contributed by atoms with E-state index in [1.807, 2.05) is 72.0 Å². The largest absolute Gasteiger partial charge is 0.383 e. The molecule has 9 aromatic rings. The predicted octanol–water partition coefficient (Wildman–Crippen LogP) is 11.5. The van der Waals surface area contributed by atoms with Crippen molar-refractivity contribution in [1.29, 1.82) is 0 Å². The zero-order valence-corrected chi connectivity index (χ0v) is 27.5. The van der Waals surface area contributed by atoms with Crippen molar-refractivity contribution >= 4 is 75.5 Å².